The number of anilines is 1. The van der Waals surface area contributed by atoms with Gasteiger partial charge in [-0.05, 0) is 41.3 Å². The van der Waals surface area contributed by atoms with E-state index in [9.17, 15) is 4.79 Å². The van der Waals surface area contributed by atoms with Crippen molar-refractivity contribution in [3.63, 3.8) is 0 Å². The van der Waals surface area contributed by atoms with Crippen molar-refractivity contribution < 1.29 is 4.79 Å². The third kappa shape index (κ3) is 2.16. The largest absolute Gasteiger partial charge is 0.304 e. The first-order chi connectivity index (χ1) is 9.58. The van der Waals surface area contributed by atoms with Crippen LogP contribution in [-0.2, 0) is 6.54 Å². The van der Waals surface area contributed by atoms with E-state index in [1.54, 1.807) is 0 Å². The fourth-order valence-corrected chi connectivity index (χ4v) is 3.03. The highest BCUT2D eigenvalue weighted by Gasteiger charge is 2.29. The monoisotopic (exact) mass is 329 g/mol. The summed E-state index contributed by atoms with van der Waals surface area (Å²) in [5, 5.41) is 0. The summed E-state index contributed by atoms with van der Waals surface area (Å²) < 4.78 is 1.00. The van der Waals surface area contributed by atoms with Gasteiger partial charge in [0.25, 0.3) is 5.91 Å². The average Bonchev–Trinajstić information content (AvgIpc) is 2.78. The molecule has 1 heterocycles. The Morgan fingerprint density at radius 2 is 1.80 bits per heavy atom. The van der Waals surface area contributed by atoms with Crippen LogP contribution in [0.1, 0.15) is 41.3 Å². The number of carbonyl (C=O) groups excluding carboxylic acids is 1. The third-order valence-corrected chi connectivity index (χ3v) is 4.53. The van der Waals surface area contributed by atoms with Crippen LogP contribution in [0.15, 0.2) is 46.9 Å². The lowest BCUT2D eigenvalue weighted by Crippen LogP contribution is -2.22. The molecule has 2 aromatic rings. The molecule has 2 nitrogen and oxygen atoms in total. The van der Waals surface area contributed by atoms with Crippen LogP contribution in [0.4, 0.5) is 5.69 Å². The molecule has 0 aliphatic carbocycles. The predicted molar refractivity (Wildman–Crippen MR) is 85.2 cm³/mol. The van der Waals surface area contributed by atoms with E-state index in [1.807, 2.05) is 35.2 Å². The van der Waals surface area contributed by atoms with Gasteiger partial charge in [-0.2, -0.15) is 0 Å². The van der Waals surface area contributed by atoms with Crippen LogP contribution < -0.4 is 4.90 Å². The molecule has 0 fully saturated rings. The SMILES string of the molecule is CC(C)c1ccc(N2Cc3c(Br)cccc3C2=O)cc1. The summed E-state index contributed by atoms with van der Waals surface area (Å²) in [7, 11) is 0. The number of benzene rings is 2. The van der Waals surface area contributed by atoms with Crippen LogP contribution in [0, 0.1) is 0 Å². The van der Waals surface area contributed by atoms with Crippen molar-refractivity contribution in [2.75, 3.05) is 4.90 Å². The predicted octanol–water partition coefficient (Wildman–Crippen LogP) is 4.73. The number of halogens is 1. The Morgan fingerprint density at radius 1 is 1.10 bits per heavy atom. The summed E-state index contributed by atoms with van der Waals surface area (Å²) in [5.41, 5.74) is 4.12. The van der Waals surface area contributed by atoms with Gasteiger partial charge >= 0.3 is 0 Å². The minimum atomic E-state index is 0.0820. The van der Waals surface area contributed by atoms with Crippen LogP contribution >= 0.6 is 15.9 Å². The first-order valence-electron chi connectivity index (χ1n) is 6.77. The molecule has 1 amide bonds. The fraction of sp³-hybridized carbons (Fsp3) is 0.235. The molecule has 0 N–H and O–H groups in total. The van der Waals surface area contributed by atoms with Crippen LogP contribution in [0.3, 0.4) is 0 Å². The lowest BCUT2D eigenvalue weighted by Gasteiger charge is -2.17. The van der Waals surface area contributed by atoms with Crippen LogP contribution in [0.2, 0.25) is 0 Å². The molecule has 0 saturated carbocycles. The lowest BCUT2D eigenvalue weighted by molar-refractivity contribution is 0.0996. The Kier molecular flexibility index (Phi) is 3.38. The second-order valence-corrected chi connectivity index (χ2v) is 6.26. The van der Waals surface area contributed by atoms with Gasteiger partial charge in [0.15, 0.2) is 0 Å². The standard InChI is InChI=1S/C17H16BrNO/c1-11(2)12-6-8-13(9-7-12)19-10-15-14(17(19)20)4-3-5-16(15)18/h3-9,11H,10H2,1-2H3. The highest BCUT2D eigenvalue weighted by molar-refractivity contribution is 9.10. The Labute approximate surface area is 127 Å². The smallest absolute Gasteiger partial charge is 0.258 e. The van der Waals surface area contributed by atoms with Gasteiger partial charge in [0.1, 0.15) is 0 Å². The summed E-state index contributed by atoms with van der Waals surface area (Å²) in [6.07, 6.45) is 0. The topological polar surface area (TPSA) is 20.3 Å². The zero-order valence-electron chi connectivity index (χ0n) is 11.6. The van der Waals surface area contributed by atoms with Gasteiger partial charge < -0.3 is 4.90 Å². The number of carbonyl (C=O) groups is 1. The molecule has 2 aromatic carbocycles. The minimum Gasteiger partial charge on any atom is -0.304 e. The van der Waals surface area contributed by atoms with Crippen molar-refractivity contribution >= 4 is 27.5 Å². The van der Waals surface area contributed by atoms with E-state index < -0.39 is 0 Å². The second kappa shape index (κ2) is 5.06. The quantitative estimate of drug-likeness (QED) is 0.779. The fourth-order valence-electron chi connectivity index (χ4n) is 2.54. The third-order valence-electron chi connectivity index (χ3n) is 3.78. The minimum absolute atomic E-state index is 0.0820. The molecular formula is C17H16BrNO. The first kappa shape index (κ1) is 13.4. The zero-order valence-corrected chi connectivity index (χ0v) is 13.1. The maximum atomic E-state index is 12.5. The molecule has 102 valence electrons. The maximum absolute atomic E-state index is 12.5. The highest BCUT2D eigenvalue weighted by Crippen LogP contribution is 2.33. The summed E-state index contributed by atoms with van der Waals surface area (Å²) in [4.78, 5) is 14.3. The highest BCUT2D eigenvalue weighted by atomic mass is 79.9. The second-order valence-electron chi connectivity index (χ2n) is 5.40. The van der Waals surface area contributed by atoms with Crippen LogP contribution in [0.5, 0.6) is 0 Å². The maximum Gasteiger partial charge on any atom is 0.258 e. The molecule has 0 bridgehead atoms. The van der Waals surface area contributed by atoms with Crippen molar-refractivity contribution in [2.45, 2.75) is 26.3 Å². The van der Waals surface area contributed by atoms with E-state index >= 15 is 0 Å². The van der Waals surface area contributed by atoms with Gasteiger partial charge in [0.05, 0.1) is 6.54 Å². The number of hydrogen-bond donors (Lipinski definition) is 0. The molecule has 20 heavy (non-hydrogen) atoms. The van der Waals surface area contributed by atoms with E-state index in [1.165, 1.54) is 5.56 Å². The summed E-state index contributed by atoms with van der Waals surface area (Å²) in [5.74, 6) is 0.586. The van der Waals surface area contributed by atoms with Gasteiger partial charge in [-0.3, -0.25) is 4.79 Å². The number of amides is 1. The molecule has 3 rings (SSSR count). The Hall–Kier alpha value is -1.61. The number of rotatable bonds is 2. The van der Waals surface area contributed by atoms with E-state index in [0.717, 1.165) is 21.3 Å². The molecule has 0 unspecified atom stereocenters. The van der Waals surface area contributed by atoms with Gasteiger partial charge in [-0.25, -0.2) is 0 Å². The number of fused-ring (bicyclic) bond motifs is 1. The summed E-state index contributed by atoms with van der Waals surface area (Å²) >= 11 is 3.53. The Bertz CT molecular complexity index is 661. The molecule has 0 saturated heterocycles. The van der Waals surface area contributed by atoms with E-state index in [4.69, 9.17) is 0 Å². The number of nitrogens with zero attached hydrogens (tertiary/aromatic N) is 1. The molecule has 0 atom stereocenters. The first-order valence-corrected chi connectivity index (χ1v) is 7.56. The van der Waals surface area contributed by atoms with Crippen molar-refractivity contribution in [2.24, 2.45) is 0 Å². The molecule has 0 spiro atoms. The van der Waals surface area contributed by atoms with Crippen molar-refractivity contribution in [1.82, 2.24) is 0 Å². The molecule has 0 aromatic heterocycles. The van der Waals surface area contributed by atoms with Crippen LogP contribution in [-0.4, -0.2) is 5.91 Å². The van der Waals surface area contributed by atoms with E-state index in [2.05, 4.69) is 41.9 Å². The zero-order chi connectivity index (χ0) is 14.3. The van der Waals surface area contributed by atoms with Crippen molar-refractivity contribution in [3.05, 3.63) is 63.6 Å². The van der Waals surface area contributed by atoms with Gasteiger partial charge in [0, 0.05) is 15.7 Å². The van der Waals surface area contributed by atoms with Crippen LogP contribution in [0.25, 0.3) is 0 Å². The molecule has 0 radical (unpaired) electrons. The Balaban J connectivity index is 1.94. The van der Waals surface area contributed by atoms with E-state index in [0.29, 0.717) is 12.5 Å². The average molecular weight is 330 g/mol. The molecule has 1 aliphatic heterocycles. The molecule has 1 aliphatic rings. The normalized spacial score (nSPS) is 14.0. The summed E-state index contributed by atoms with van der Waals surface area (Å²) in [6, 6.07) is 14.1. The van der Waals surface area contributed by atoms with E-state index in [-0.39, 0.29) is 5.91 Å². The Morgan fingerprint density at radius 3 is 2.40 bits per heavy atom. The molecular weight excluding hydrogens is 314 g/mol. The lowest BCUT2D eigenvalue weighted by atomic mass is 10.0. The summed E-state index contributed by atoms with van der Waals surface area (Å²) in [6.45, 7) is 4.97. The van der Waals surface area contributed by atoms with Gasteiger partial charge in [0.2, 0.25) is 0 Å². The van der Waals surface area contributed by atoms with Crippen molar-refractivity contribution in [1.29, 1.82) is 0 Å². The number of hydrogen-bond acceptors (Lipinski definition) is 1. The van der Waals surface area contributed by atoms with Crippen molar-refractivity contribution in [3.8, 4) is 0 Å². The molecule has 3 heteroatoms. The van der Waals surface area contributed by atoms with Gasteiger partial charge in [-0.1, -0.05) is 48.0 Å². The van der Waals surface area contributed by atoms with Gasteiger partial charge in [-0.15, -0.1) is 0 Å².